The largest absolute Gasteiger partial charge is 0.339 e. The first-order valence-electron chi connectivity index (χ1n) is 5.78. The number of thiophene rings is 1. The Kier molecular flexibility index (Phi) is 3.91. The summed E-state index contributed by atoms with van der Waals surface area (Å²) >= 11 is 1.65. The summed E-state index contributed by atoms with van der Waals surface area (Å²) in [5.41, 5.74) is 7.95. The molecule has 2 heterocycles. The molecule has 0 saturated carbocycles. The van der Waals surface area contributed by atoms with Crippen molar-refractivity contribution in [2.24, 2.45) is 5.73 Å². The molecule has 1 atom stereocenters. The Labute approximate surface area is 105 Å². The summed E-state index contributed by atoms with van der Waals surface area (Å²) in [6, 6.07) is 0.233. The van der Waals surface area contributed by atoms with E-state index in [9.17, 15) is 0 Å². The molecular formula is C12H17N3OS. The van der Waals surface area contributed by atoms with Crippen LogP contribution in [0.2, 0.25) is 0 Å². The van der Waals surface area contributed by atoms with Crippen molar-refractivity contribution < 1.29 is 4.52 Å². The number of hydrogen-bond donors (Lipinski definition) is 1. The molecule has 5 heteroatoms. The minimum atomic E-state index is 0.233. The van der Waals surface area contributed by atoms with Gasteiger partial charge < -0.3 is 10.3 Å². The Morgan fingerprint density at radius 1 is 1.47 bits per heavy atom. The van der Waals surface area contributed by atoms with Gasteiger partial charge in [0.1, 0.15) is 0 Å². The number of hydrogen-bond acceptors (Lipinski definition) is 5. The third-order valence-corrected chi connectivity index (χ3v) is 3.48. The van der Waals surface area contributed by atoms with Crippen LogP contribution in [-0.2, 0) is 6.42 Å². The van der Waals surface area contributed by atoms with Gasteiger partial charge >= 0.3 is 0 Å². The summed E-state index contributed by atoms with van der Waals surface area (Å²) in [5.74, 6) is 1.39. The molecule has 0 radical (unpaired) electrons. The van der Waals surface area contributed by atoms with Gasteiger partial charge in [-0.2, -0.15) is 16.3 Å². The highest BCUT2D eigenvalue weighted by Gasteiger charge is 2.11. The van der Waals surface area contributed by atoms with Gasteiger partial charge in [0.2, 0.25) is 11.7 Å². The number of nitrogens with zero attached hydrogens (tertiary/aromatic N) is 2. The number of rotatable bonds is 5. The minimum absolute atomic E-state index is 0.233. The molecule has 0 saturated heterocycles. The van der Waals surface area contributed by atoms with E-state index in [0.29, 0.717) is 11.7 Å². The first kappa shape index (κ1) is 12.3. The molecule has 92 valence electrons. The van der Waals surface area contributed by atoms with Gasteiger partial charge in [-0.1, -0.05) is 5.16 Å². The third kappa shape index (κ3) is 3.14. The minimum Gasteiger partial charge on any atom is -0.339 e. The summed E-state index contributed by atoms with van der Waals surface area (Å²) in [6.45, 7) is 4.06. The Hall–Kier alpha value is -1.20. The van der Waals surface area contributed by atoms with Crippen molar-refractivity contribution in [3.63, 3.8) is 0 Å². The second-order valence-corrected chi connectivity index (χ2v) is 5.09. The normalized spacial score (nSPS) is 12.9. The second kappa shape index (κ2) is 5.42. The van der Waals surface area contributed by atoms with Gasteiger partial charge in [0.05, 0.1) is 0 Å². The van der Waals surface area contributed by atoms with Gasteiger partial charge in [0.25, 0.3) is 0 Å². The predicted molar refractivity (Wildman–Crippen MR) is 68.9 cm³/mol. The lowest BCUT2D eigenvalue weighted by molar-refractivity contribution is 0.373. The van der Waals surface area contributed by atoms with Crippen molar-refractivity contribution >= 4 is 11.3 Å². The number of aromatic nitrogens is 2. The van der Waals surface area contributed by atoms with Crippen molar-refractivity contribution in [1.82, 2.24) is 10.1 Å². The van der Waals surface area contributed by atoms with E-state index >= 15 is 0 Å². The maximum Gasteiger partial charge on any atom is 0.226 e. The van der Waals surface area contributed by atoms with Crippen LogP contribution in [0.5, 0.6) is 0 Å². The Morgan fingerprint density at radius 2 is 2.29 bits per heavy atom. The van der Waals surface area contributed by atoms with Crippen LogP contribution in [0.3, 0.4) is 0 Å². The fourth-order valence-corrected chi connectivity index (χ4v) is 2.46. The van der Waals surface area contributed by atoms with Crippen molar-refractivity contribution in [1.29, 1.82) is 0 Å². The van der Waals surface area contributed by atoms with Gasteiger partial charge in [-0.3, -0.25) is 0 Å². The van der Waals surface area contributed by atoms with Gasteiger partial charge in [-0.05, 0) is 37.6 Å². The maximum absolute atomic E-state index is 5.69. The van der Waals surface area contributed by atoms with Crippen LogP contribution in [0, 0.1) is 6.92 Å². The molecule has 2 N–H and O–H groups in total. The molecule has 2 rings (SSSR count). The van der Waals surface area contributed by atoms with Gasteiger partial charge in [0.15, 0.2) is 0 Å². The zero-order valence-corrected chi connectivity index (χ0v) is 11.0. The standard InChI is InChI=1S/C12H17N3OS/c1-8-6-17-7-10(8)12-14-11(16-15-12)5-3-4-9(2)13/h6-7,9H,3-5,13H2,1-2H3. The lowest BCUT2D eigenvalue weighted by Gasteiger charge is -2.00. The molecule has 0 aliphatic carbocycles. The predicted octanol–water partition coefficient (Wildman–Crippen LogP) is 2.78. The topological polar surface area (TPSA) is 64.9 Å². The van der Waals surface area contributed by atoms with E-state index in [0.717, 1.165) is 24.8 Å². The molecule has 2 aromatic rings. The van der Waals surface area contributed by atoms with E-state index < -0.39 is 0 Å². The zero-order chi connectivity index (χ0) is 12.3. The quantitative estimate of drug-likeness (QED) is 0.887. The van der Waals surface area contributed by atoms with Crippen LogP contribution in [0.15, 0.2) is 15.3 Å². The number of aryl methyl sites for hydroxylation is 2. The van der Waals surface area contributed by atoms with Crippen molar-refractivity contribution in [3.8, 4) is 11.4 Å². The molecule has 4 nitrogen and oxygen atoms in total. The monoisotopic (exact) mass is 251 g/mol. The lowest BCUT2D eigenvalue weighted by atomic mass is 10.1. The van der Waals surface area contributed by atoms with E-state index in [2.05, 4.69) is 22.4 Å². The van der Waals surface area contributed by atoms with Crippen LogP contribution in [-0.4, -0.2) is 16.2 Å². The van der Waals surface area contributed by atoms with E-state index in [1.807, 2.05) is 12.3 Å². The SMILES string of the molecule is Cc1cscc1-c1noc(CCCC(C)N)n1. The van der Waals surface area contributed by atoms with E-state index in [1.165, 1.54) is 5.56 Å². The summed E-state index contributed by atoms with van der Waals surface area (Å²) < 4.78 is 5.23. The highest BCUT2D eigenvalue weighted by Crippen LogP contribution is 2.24. The van der Waals surface area contributed by atoms with Gasteiger partial charge in [0, 0.05) is 23.4 Å². The Bertz CT molecular complexity index is 476. The number of nitrogens with two attached hydrogens (primary N) is 1. The van der Waals surface area contributed by atoms with E-state index in [4.69, 9.17) is 10.3 Å². The first-order chi connectivity index (χ1) is 8.16. The van der Waals surface area contributed by atoms with Gasteiger partial charge in [-0.25, -0.2) is 0 Å². The van der Waals surface area contributed by atoms with Crippen LogP contribution in [0.4, 0.5) is 0 Å². The fourth-order valence-electron chi connectivity index (χ4n) is 1.63. The van der Waals surface area contributed by atoms with E-state index in [-0.39, 0.29) is 6.04 Å². The zero-order valence-electron chi connectivity index (χ0n) is 10.1. The van der Waals surface area contributed by atoms with Crippen LogP contribution in [0.25, 0.3) is 11.4 Å². The molecule has 17 heavy (non-hydrogen) atoms. The fraction of sp³-hybridized carbons (Fsp3) is 0.500. The molecule has 1 unspecified atom stereocenters. The van der Waals surface area contributed by atoms with Crippen LogP contribution >= 0.6 is 11.3 Å². The molecule has 0 spiro atoms. The molecule has 0 amide bonds. The maximum atomic E-state index is 5.69. The molecular weight excluding hydrogens is 234 g/mol. The summed E-state index contributed by atoms with van der Waals surface area (Å²) in [5, 5.41) is 8.14. The first-order valence-corrected chi connectivity index (χ1v) is 6.72. The summed E-state index contributed by atoms with van der Waals surface area (Å²) in [7, 11) is 0. The Balaban J connectivity index is 1.99. The third-order valence-electron chi connectivity index (χ3n) is 2.61. The molecule has 0 aliphatic rings. The average Bonchev–Trinajstić information content (AvgIpc) is 2.86. The molecule has 0 aliphatic heterocycles. The molecule has 0 aromatic carbocycles. The van der Waals surface area contributed by atoms with Crippen LogP contribution < -0.4 is 5.73 Å². The molecule has 0 bridgehead atoms. The smallest absolute Gasteiger partial charge is 0.226 e. The summed E-state index contributed by atoms with van der Waals surface area (Å²) in [4.78, 5) is 4.40. The van der Waals surface area contributed by atoms with Crippen molar-refractivity contribution in [3.05, 3.63) is 22.2 Å². The van der Waals surface area contributed by atoms with Gasteiger partial charge in [-0.15, -0.1) is 0 Å². The molecule has 2 aromatic heterocycles. The molecule has 0 fully saturated rings. The average molecular weight is 251 g/mol. The van der Waals surface area contributed by atoms with Crippen molar-refractivity contribution in [2.45, 2.75) is 39.2 Å². The van der Waals surface area contributed by atoms with Crippen LogP contribution in [0.1, 0.15) is 31.2 Å². The van der Waals surface area contributed by atoms with Crippen molar-refractivity contribution in [2.75, 3.05) is 0 Å². The highest BCUT2D eigenvalue weighted by atomic mass is 32.1. The second-order valence-electron chi connectivity index (χ2n) is 4.35. The highest BCUT2D eigenvalue weighted by molar-refractivity contribution is 7.08. The lowest BCUT2D eigenvalue weighted by Crippen LogP contribution is -2.14. The summed E-state index contributed by atoms with van der Waals surface area (Å²) in [6.07, 6.45) is 2.77. The van der Waals surface area contributed by atoms with E-state index in [1.54, 1.807) is 11.3 Å². The Morgan fingerprint density at radius 3 is 2.94 bits per heavy atom.